The number of primary amides is 1. The third-order valence-electron chi connectivity index (χ3n) is 5.61. The molecule has 0 aliphatic heterocycles. The summed E-state index contributed by atoms with van der Waals surface area (Å²) in [5.41, 5.74) is 5.28. The van der Waals surface area contributed by atoms with Gasteiger partial charge in [0.2, 0.25) is 11.8 Å². The number of unbranched alkanes of at least 4 members (excludes halogenated alkanes) is 1. The second-order valence-electron chi connectivity index (χ2n) is 8.07. The van der Waals surface area contributed by atoms with Gasteiger partial charge in [0, 0.05) is 26.4 Å². The maximum Gasteiger partial charge on any atom is 0.312 e. The minimum atomic E-state index is -0.686. The van der Waals surface area contributed by atoms with Gasteiger partial charge in [-0.05, 0) is 44.9 Å². The molecule has 4 N–H and O–H groups in total. The average Bonchev–Trinajstić information content (AvgIpc) is 2.72. The summed E-state index contributed by atoms with van der Waals surface area (Å²) in [6, 6.07) is -1.83. The van der Waals surface area contributed by atoms with Crippen LogP contribution in [0, 0.1) is 18.3 Å². The Kier molecular flexibility index (Phi) is 11.6. The predicted molar refractivity (Wildman–Crippen MR) is 115 cm³/mol. The van der Waals surface area contributed by atoms with E-state index < -0.39 is 18.1 Å². The summed E-state index contributed by atoms with van der Waals surface area (Å²) in [5, 5.41) is 5.34. The highest BCUT2D eigenvalue weighted by Gasteiger charge is 2.32. The van der Waals surface area contributed by atoms with Gasteiger partial charge in [-0.15, -0.1) is 12.3 Å². The molecule has 8 heteroatoms. The van der Waals surface area contributed by atoms with Gasteiger partial charge < -0.3 is 21.3 Å². The first-order valence-corrected chi connectivity index (χ1v) is 10.8. The molecule has 0 aromatic rings. The highest BCUT2D eigenvalue weighted by Crippen LogP contribution is 2.27. The van der Waals surface area contributed by atoms with E-state index in [-0.39, 0.29) is 29.9 Å². The van der Waals surface area contributed by atoms with Crippen LogP contribution in [0.25, 0.3) is 0 Å². The van der Waals surface area contributed by atoms with Crippen LogP contribution >= 0.6 is 0 Å². The molecule has 0 saturated heterocycles. The van der Waals surface area contributed by atoms with Crippen molar-refractivity contribution in [2.75, 3.05) is 13.6 Å². The molecule has 1 fully saturated rings. The molecule has 1 aliphatic carbocycles. The van der Waals surface area contributed by atoms with E-state index >= 15 is 0 Å². The van der Waals surface area contributed by atoms with Gasteiger partial charge in [0.25, 0.3) is 0 Å². The Morgan fingerprint density at radius 3 is 2.37 bits per heavy atom. The maximum absolute atomic E-state index is 12.8. The van der Waals surface area contributed by atoms with Crippen molar-refractivity contribution in [3.63, 3.8) is 0 Å². The number of hydrogen-bond acceptors (Lipinski definition) is 4. The standard InChI is InChI=1S/C22H36N4O4/c1-4-5-13-18(16(2)27)24-19(28)14-9-10-15-26(3)21(29)20(25-22(23)30)17-11-7-6-8-12-17/h1,17-18,20H,5-15H2,2-3H3,(H,24,28)(H3,23,25,30). The van der Waals surface area contributed by atoms with Crippen LogP contribution in [0.4, 0.5) is 4.79 Å². The van der Waals surface area contributed by atoms with Gasteiger partial charge in [-0.25, -0.2) is 4.79 Å². The molecule has 0 aromatic heterocycles. The van der Waals surface area contributed by atoms with Crippen LogP contribution in [-0.4, -0.2) is 54.2 Å². The van der Waals surface area contributed by atoms with E-state index in [2.05, 4.69) is 16.6 Å². The lowest BCUT2D eigenvalue weighted by Gasteiger charge is -2.32. The van der Waals surface area contributed by atoms with E-state index in [1.165, 1.54) is 6.92 Å². The Balaban J connectivity index is 2.44. The third-order valence-corrected chi connectivity index (χ3v) is 5.61. The minimum absolute atomic E-state index is 0.110. The lowest BCUT2D eigenvalue weighted by Crippen LogP contribution is -2.53. The topological polar surface area (TPSA) is 122 Å². The summed E-state index contributed by atoms with van der Waals surface area (Å²) >= 11 is 0. The summed E-state index contributed by atoms with van der Waals surface area (Å²) in [4.78, 5) is 49.5. The molecule has 0 spiro atoms. The van der Waals surface area contributed by atoms with Crippen molar-refractivity contribution >= 4 is 23.6 Å². The predicted octanol–water partition coefficient (Wildman–Crippen LogP) is 1.72. The highest BCUT2D eigenvalue weighted by atomic mass is 16.2. The minimum Gasteiger partial charge on any atom is -0.352 e. The number of carbonyl (C=O) groups is 4. The molecular formula is C22H36N4O4. The molecule has 0 bridgehead atoms. The Morgan fingerprint density at radius 2 is 1.80 bits per heavy atom. The van der Waals surface area contributed by atoms with Crippen molar-refractivity contribution < 1.29 is 19.2 Å². The first-order chi connectivity index (χ1) is 14.3. The molecule has 30 heavy (non-hydrogen) atoms. The van der Waals surface area contributed by atoms with E-state index in [1.54, 1.807) is 11.9 Å². The molecule has 0 radical (unpaired) electrons. The van der Waals surface area contributed by atoms with Gasteiger partial charge >= 0.3 is 6.03 Å². The normalized spacial score (nSPS) is 16.0. The number of rotatable bonds is 12. The number of urea groups is 1. The first kappa shape index (κ1) is 25.5. The number of amides is 4. The largest absolute Gasteiger partial charge is 0.352 e. The number of nitrogens with zero attached hydrogens (tertiary/aromatic N) is 1. The Hall–Kier alpha value is -2.56. The van der Waals surface area contributed by atoms with E-state index in [4.69, 9.17) is 12.2 Å². The lowest BCUT2D eigenvalue weighted by molar-refractivity contribution is -0.133. The second kappa shape index (κ2) is 13.6. The van der Waals surface area contributed by atoms with Crippen molar-refractivity contribution in [3.05, 3.63) is 0 Å². The fourth-order valence-corrected chi connectivity index (χ4v) is 3.86. The molecule has 168 valence electrons. The average molecular weight is 421 g/mol. The van der Waals surface area contributed by atoms with Gasteiger partial charge in [-0.3, -0.25) is 14.4 Å². The van der Waals surface area contributed by atoms with E-state index in [0.717, 1.165) is 32.1 Å². The maximum atomic E-state index is 12.8. The molecule has 1 aliphatic rings. The van der Waals surface area contributed by atoms with E-state index in [0.29, 0.717) is 32.2 Å². The van der Waals surface area contributed by atoms with Gasteiger partial charge in [0.05, 0.1) is 6.04 Å². The smallest absolute Gasteiger partial charge is 0.312 e. The Morgan fingerprint density at radius 1 is 1.13 bits per heavy atom. The van der Waals surface area contributed by atoms with Crippen LogP contribution in [0.2, 0.25) is 0 Å². The number of terminal acetylenes is 1. The van der Waals surface area contributed by atoms with Crippen molar-refractivity contribution in [2.45, 2.75) is 83.2 Å². The second-order valence-corrected chi connectivity index (χ2v) is 8.07. The lowest BCUT2D eigenvalue weighted by atomic mass is 9.83. The molecule has 1 rings (SSSR count). The first-order valence-electron chi connectivity index (χ1n) is 10.8. The van der Waals surface area contributed by atoms with Crippen LogP contribution in [0.3, 0.4) is 0 Å². The van der Waals surface area contributed by atoms with Gasteiger partial charge in [-0.2, -0.15) is 0 Å². The van der Waals surface area contributed by atoms with E-state index in [1.807, 2.05) is 0 Å². The van der Waals surface area contributed by atoms with Crippen LogP contribution in [0.5, 0.6) is 0 Å². The SMILES string of the molecule is C#CCCC(NC(=O)CCCCN(C)C(=O)C(NC(N)=O)C1CCCCC1)C(C)=O. The summed E-state index contributed by atoms with van der Waals surface area (Å²) in [6.45, 7) is 1.91. The Labute approximate surface area is 179 Å². The molecule has 2 atom stereocenters. The summed E-state index contributed by atoms with van der Waals surface area (Å²) in [7, 11) is 1.70. The van der Waals surface area contributed by atoms with Crippen molar-refractivity contribution in [1.82, 2.24) is 15.5 Å². The molecule has 4 amide bonds. The number of carbonyl (C=O) groups excluding carboxylic acids is 4. The molecule has 0 aromatic carbocycles. The van der Waals surface area contributed by atoms with Crippen LogP contribution in [0.15, 0.2) is 0 Å². The van der Waals surface area contributed by atoms with Gasteiger partial charge in [-0.1, -0.05) is 19.3 Å². The van der Waals surface area contributed by atoms with Crippen molar-refractivity contribution in [2.24, 2.45) is 11.7 Å². The number of likely N-dealkylation sites (N-methyl/N-ethyl adjacent to an activating group) is 1. The molecule has 8 nitrogen and oxygen atoms in total. The van der Waals surface area contributed by atoms with E-state index in [9.17, 15) is 19.2 Å². The monoisotopic (exact) mass is 420 g/mol. The quantitative estimate of drug-likeness (QED) is 0.329. The summed E-state index contributed by atoms with van der Waals surface area (Å²) < 4.78 is 0. The zero-order valence-corrected chi connectivity index (χ0v) is 18.2. The van der Waals surface area contributed by atoms with Gasteiger partial charge in [0.1, 0.15) is 6.04 Å². The summed E-state index contributed by atoms with van der Waals surface area (Å²) in [6.07, 6.45) is 12.6. The van der Waals surface area contributed by atoms with Crippen LogP contribution < -0.4 is 16.4 Å². The van der Waals surface area contributed by atoms with Crippen molar-refractivity contribution in [3.8, 4) is 12.3 Å². The number of nitrogens with two attached hydrogens (primary N) is 1. The molecule has 1 saturated carbocycles. The number of hydrogen-bond donors (Lipinski definition) is 3. The highest BCUT2D eigenvalue weighted by molar-refractivity contribution is 5.87. The number of ketones is 1. The number of Topliss-reactive ketones (excluding diaryl/α,β-unsaturated/α-hetero) is 1. The Bertz CT molecular complexity index is 638. The summed E-state index contributed by atoms with van der Waals surface area (Å²) in [5.74, 6) is 2.13. The zero-order chi connectivity index (χ0) is 22.5. The van der Waals surface area contributed by atoms with Crippen molar-refractivity contribution in [1.29, 1.82) is 0 Å². The zero-order valence-electron chi connectivity index (χ0n) is 18.2. The van der Waals surface area contributed by atoms with Crippen LogP contribution in [0.1, 0.15) is 71.1 Å². The number of nitrogens with one attached hydrogen (secondary N) is 2. The fourth-order valence-electron chi connectivity index (χ4n) is 3.86. The fraction of sp³-hybridized carbons (Fsp3) is 0.727. The van der Waals surface area contributed by atoms with Gasteiger partial charge in [0.15, 0.2) is 5.78 Å². The molecular weight excluding hydrogens is 384 g/mol. The molecule has 2 unspecified atom stereocenters. The van der Waals surface area contributed by atoms with Crippen LogP contribution in [-0.2, 0) is 14.4 Å². The third kappa shape index (κ3) is 9.29. The molecule has 0 heterocycles.